The van der Waals surface area contributed by atoms with Crippen molar-refractivity contribution in [2.45, 2.75) is 44.6 Å². The van der Waals surface area contributed by atoms with Crippen LogP contribution in [0.1, 0.15) is 50.6 Å². The Morgan fingerprint density at radius 3 is 2.50 bits per heavy atom. The van der Waals surface area contributed by atoms with E-state index in [1.165, 1.54) is 6.07 Å². The number of hydrogen-bond acceptors (Lipinski definition) is 5. The SMILES string of the molecule is CC1CC(c2cc([N+](=O)[O-])cc(C(C)(C)O)c2)(c2nncn2C)C1. The number of nitro groups is 1. The number of hydrogen-bond donors (Lipinski definition) is 1. The van der Waals surface area contributed by atoms with Crippen LogP contribution >= 0.6 is 0 Å². The van der Waals surface area contributed by atoms with Crippen LogP contribution in [0.4, 0.5) is 5.69 Å². The monoisotopic (exact) mass is 330 g/mol. The molecule has 1 aromatic carbocycles. The Morgan fingerprint density at radius 1 is 1.38 bits per heavy atom. The van der Waals surface area contributed by atoms with Gasteiger partial charge in [0.05, 0.1) is 15.9 Å². The van der Waals surface area contributed by atoms with Crippen molar-refractivity contribution < 1.29 is 10.0 Å². The van der Waals surface area contributed by atoms with Crippen LogP contribution < -0.4 is 0 Å². The molecule has 0 spiro atoms. The van der Waals surface area contributed by atoms with Gasteiger partial charge in [-0.05, 0) is 43.7 Å². The fourth-order valence-electron chi connectivity index (χ4n) is 3.74. The molecule has 7 nitrogen and oxygen atoms in total. The normalized spacial score (nSPS) is 23.8. The molecule has 128 valence electrons. The fourth-order valence-corrected chi connectivity index (χ4v) is 3.74. The second-order valence-electron chi connectivity index (χ2n) is 7.45. The van der Waals surface area contributed by atoms with Crippen LogP contribution in [0, 0.1) is 16.0 Å². The summed E-state index contributed by atoms with van der Waals surface area (Å²) in [6.45, 7) is 5.42. The van der Waals surface area contributed by atoms with E-state index in [9.17, 15) is 15.2 Å². The summed E-state index contributed by atoms with van der Waals surface area (Å²) in [6.07, 6.45) is 3.35. The van der Waals surface area contributed by atoms with Gasteiger partial charge in [0.2, 0.25) is 0 Å². The largest absolute Gasteiger partial charge is 0.386 e. The first-order chi connectivity index (χ1) is 11.1. The van der Waals surface area contributed by atoms with Gasteiger partial charge in [-0.15, -0.1) is 10.2 Å². The molecule has 0 bridgehead atoms. The van der Waals surface area contributed by atoms with E-state index in [1.54, 1.807) is 26.2 Å². The van der Waals surface area contributed by atoms with Crippen LogP contribution in [0.15, 0.2) is 24.5 Å². The second-order valence-corrected chi connectivity index (χ2v) is 7.45. The second kappa shape index (κ2) is 5.37. The van der Waals surface area contributed by atoms with E-state index < -0.39 is 15.9 Å². The van der Waals surface area contributed by atoms with E-state index >= 15 is 0 Å². The maximum Gasteiger partial charge on any atom is 0.270 e. The molecule has 1 aliphatic carbocycles. The number of nitro benzene ring substituents is 1. The zero-order valence-corrected chi connectivity index (χ0v) is 14.4. The van der Waals surface area contributed by atoms with Crippen LogP contribution in [0.2, 0.25) is 0 Å². The van der Waals surface area contributed by atoms with Crippen molar-refractivity contribution >= 4 is 5.69 Å². The lowest BCUT2D eigenvalue weighted by molar-refractivity contribution is -0.385. The maximum absolute atomic E-state index is 11.4. The summed E-state index contributed by atoms with van der Waals surface area (Å²) in [6, 6.07) is 4.92. The van der Waals surface area contributed by atoms with E-state index in [0.717, 1.165) is 24.2 Å². The zero-order chi connectivity index (χ0) is 17.7. The third-order valence-corrected chi connectivity index (χ3v) is 4.92. The van der Waals surface area contributed by atoms with E-state index in [0.29, 0.717) is 11.5 Å². The van der Waals surface area contributed by atoms with Crippen LogP contribution in [-0.4, -0.2) is 24.8 Å². The van der Waals surface area contributed by atoms with Gasteiger partial charge in [-0.2, -0.15) is 0 Å². The van der Waals surface area contributed by atoms with Crippen molar-refractivity contribution in [3.05, 3.63) is 51.6 Å². The number of non-ortho nitro benzene ring substituents is 1. The average Bonchev–Trinajstić information content (AvgIpc) is 2.88. The van der Waals surface area contributed by atoms with Gasteiger partial charge < -0.3 is 9.67 Å². The summed E-state index contributed by atoms with van der Waals surface area (Å²) in [4.78, 5) is 11.0. The van der Waals surface area contributed by atoms with E-state index in [-0.39, 0.29) is 5.69 Å². The molecule has 2 aromatic rings. The van der Waals surface area contributed by atoms with Gasteiger partial charge in [0.1, 0.15) is 12.2 Å². The molecule has 0 saturated heterocycles. The molecule has 1 aliphatic rings. The number of benzene rings is 1. The van der Waals surface area contributed by atoms with Crippen molar-refractivity contribution in [2.24, 2.45) is 13.0 Å². The molecule has 7 heteroatoms. The third-order valence-electron chi connectivity index (χ3n) is 4.92. The van der Waals surface area contributed by atoms with Gasteiger partial charge in [-0.25, -0.2) is 0 Å². The summed E-state index contributed by atoms with van der Waals surface area (Å²) < 4.78 is 1.87. The molecule has 24 heavy (non-hydrogen) atoms. The predicted molar refractivity (Wildman–Crippen MR) is 88.5 cm³/mol. The Balaban J connectivity index is 2.21. The topological polar surface area (TPSA) is 94.1 Å². The highest BCUT2D eigenvalue weighted by Gasteiger charge is 2.49. The van der Waals surface area contributed by atoms with Crippen molar-refractivity contribution in [2.75, 3.05) is 0 Å². The Bertz CT molecular complexity index is 785. The number of rotatable bonds is 4. The highest BCUT2D eigenvalue weighted by atomic mass is 16.6. The summed E-state index contributed by atoms with van der Waals surface area (Å²) in [7, 11) is 1.88. The standard InChI is InChI=1S/C17H22N4O3/c1-11-8-17(9-11,15-19-18-10-20(15)4)13-5-12(16(2,3)22)6-14(7-13)21(23)24/h5-7,10-11,22H,8-9H2,1-4H3. The highest BCUT2D eigenvalue weighted by molar-refractivity contribution is 5.48. The van der Waals surface area contributed by atoms with E-state index in [1.807, 2.05) is 17.7 Å². The van der Waals surface area contributed by atoms with Gasteiger partial charge in [0.25, 0.3) is 5.69 Å². The number of nitrogens with zero attached hydrogens (tertiary/aromatic N) is 4. The molecule has 0 atom stereocenters. The van der Waals surface area contributed by atoms with E-state index in [4.69, 9.17) is 0 Å². The molecule has 1 N–H and O–H groups in total. The Kier molecular flexibility index (Phi) is 3.71. The van der Waals surface area contributed by atoms with Gasteiger partial charge in [-0.1, -0.05) is 13.0 Å². The van der Waals surface area contributed by atoms with Crippen molar-refractivity contribution in [1.29, 1.82) is 0 Å². The minimum Gasteiger partial charge on any atom is -0.386 e. The maximum atomic E-state index is 11.4. The summed E-state index contributed by atoms with van der Waals surface area (Å²) >= 11 is 0. The Morgan fingerprint density at radius 2 is 2.04 bits per heavy atom. The Hall–Kier alpha value is -2.28. The van der Waals surface area contributed by atoms with Crippen LogP contribution in [0.3, 0.4) is 0 Å². The number of aliphatic hydroxyl groups is 1. The Labute approximate surface area is 140 Å². The quantitative estimate of drug-likeness (QED) is 0.687. The lowest BCUT2D eigenvalue weighted by Crippen LogP contribution is -2.43. The average molecular weight is 330 g/mol. The minimum absolute atomic E-state index is 0.00859. The molecule has 0 aliphatic heterocycles. The molecule has 1 saturated carbocycles. The van der Waals surface area contributed by atoms with Crippen molar-refractivity contribution in [3.63, 3.8) is 0 Å². The predicted octanol–water partition coefficient (Wildman–Crippen LogP) is 2.67. The first kappa shape index (κ1) is 16.6. The van der Waals surface area contributed by atoms with Crippen LogP contribution in [-0.2, 0) is 18.1 Å². The van der Waals surface area contributed by atoms with Gasteiger partial charge >= 0.3 is 0 Å². The van der Waals surface area contributed by atoms with Crippen molar-refractivity contribution in [3.8, 4) is 0 Å². The molecule has 3 rings (SSSR count). The van der Waals surface area contributed by atoms with Crippen LogP contribution in [0.5, 0.6) is 0 Å². The van der Waals surface area contributed by atoms with E-state index in [2.05, 4.69) is 17.1 Å². The lowest BCUT2D eigenvalue weighted by atomic mass is 9.58. The molecule has 0 amide bonds. The molecule has 1 heterocycles. The van der Waals surface area contributed by atoms with Gasteiger partial charge in [0.15, 0.2) is 0 Å². The zero-order valence-electron chi connectivity index (χ0n) is 14.4. The molecular formula is C17H22N4O3. The molecule has 0 radical (unpaired) electrons. The third kappa shape index (κ3) is 2.58. The van der Waals surface area contributed by atoms with Crippen molar-refractivity contribution in [1.82, 2.24) is 14.8 Å². The summed E-state index contributed by atoms with van der Waals surface area (Å²) in [5.41, 5.74) is -0.199. The smallest absolute Gasteiger partial charge is 0.270 e. The summed E-state index contributed by atoms with van der Waals surface area (Å²) in [5.74, 6) is 1.31. The molecule has 1 aromatic heterocycles. The van der Waals surface area contributed by atoms with Crippen LogP contribution in [0.25, 0.3) is 0 Å². The van der Waals surface area contributed by atoms with Gasteiger partial charge in [-0.3, -0.25) is 10.1 Å². The number of aromatic nitrogens is 3. The fraction of sp³-hybridized carbons (Fsp3) is 0.529. The summed E-state index contributed by atoms with van der Waals surface area (Å²) in [5, 5.41) is 30.0. The first-order valence-corrected chi connectivity index (χ1v) is 8.01. The lowest BCUT2D eigenvalue weighted by Gasteiger charge is -2.46. The number of aryl methyl sites for hydroxylation is 1. The first-order valence-electron chi connectivity index (χ1n) is 8.01. The molecular weight excluding hydrogens is 308 g/mol. The highest BCUT2D eigenvalue weighted by Crippen LogP contribution is 2.52. The molecule has 1 fully saturated rings. The van der Waals surface area contributed by atoms with Gasteiger partial charge in [0, 0.05) is 19.2 Å². The minimum atomic E-state index is -1.16. The molecule has 0 unspecified atom stereocenters.